The van der Waals surface area contributed by atoms with Gasteiger partial charge in [-0.2, -0.15) is 0 Å². The molecule has 0 radical (unpaired) electrons. The minimum Gasteiger partial charge on any atom is -0.303 e. The van der Waals surface area contributed by atoms with Gasteiger partial charge in [-0.1, -0.05) is 34.1 Å². The maximum atomic E-state index is 10.2. The zero-order valence-corrected chi connectivity index (χ0v) is 8.18. The Bertz CT molecular complexity index is 111. The van der Waals surface area contributed by atoms with Crippen molar-refractivity contribution in [3.05, 3.63) is 0 Å². The van der Waals surface area contributed by atoms with E-state index in [-0.39, 0.29) is 0 Å². The number of carbonyl (C=O) groups is 1. The standard InChI is InChI=1S/C10H20O/c1-5-9(7-6-8-11)10(2,3)4/h8-9H,5-7H2,1-4H3. The fraction of sp³-hybridized carbons (Fsp3) is 0.900. The molecule has 66 valence electrons. The molecule has 0 aliphatic rings. The monoisotopic (exact) mass is 156 g/mol. The van der Waals surface area contributed by atoms with Gasteiger partial charge in [-0.15, -0.1) is 0 Å². The summed E-state index contributed by atoms with van der Waals surface area (Å²) in [6.07, 6.45) is 3.96. The van der Waals surface area contributed by atoms with Crippen LogP contribution < -0.4 is 0 Å². The third kappa shape index (κ3) is 4.18. The van der Waals surface area contributed by atoms with Crippen molar-refractivity contribution in [1.82, 2.24) is 0 Å². The van der Waals surface area contributed by atoms with Crippen LogP contribution in [-0.2, 0) is 4.79 Å². The second-order valence-electron chi connectivity index (χ2n) is 4.22. The van der Waals surface area contributed by atoms with E-state index in [4.69, 9.17) is 0 Å². The van der Waals surface area contributed by atoms with Crippen molar-refractivity contribution in [1.29, 1.82) is 0 Å². The molecule has 0 aliphatic carbocycles. The van der Waals surface area contributed by atoms with Crippen molar-refractivity contribution in [3.8, 4) is 0 Å². The van der Waals surface area contributed by atoms with Gasteiger partial charge in [0.15, 0.2) is 0 Å². The average molecular weight is 156 g/mol. The normalized spacial score (nSPS) is 14.5. The van der Waals surface area contributed by atoms with Crippen LogP contribution in [0.1, 0.15) is 47.0 Å². The van der Waals surface area contributed by atoms with Gasteiger partial charge >= 0.3 is 0 Å². The van der Waals surface area contributed by atoms with Crippen LogP contribution in [0.2, 0.25) is 0 Å². The van der Waals surface area contributed by atoms with Crippen LogP contribution in [0.5, 0.6) is 0 Å². The maximum absolute atomic E-state index is 10.2. The molecule has 0 rings (SSSR count). The van der Waals surface area contributed by atoms with E-state index < -0.39 is 0 Å². The fourth-order valence-electron chi connectivity index (χ4n) is 1.52. The molecule has 1 heteroatoms. The Labute approximate surface area is 70.2 Å². The first-order chi connectivity index (χ1) is 5.02. The van der Waals surface area contributed by atoms with Crippen LogP contribution in [0.3, 0.4) is 0 Å². The Balaban J connectivity index is 3.85. The van der Waals surface area contributed by atoms with Gasteiger partial charge in [-0.25, -0.2) is 0 Å². The first-order valence-electron chi connectivity index (χ1n) is 4.46. The molecule has 0 aromatic carbocycles. The molecule has 0 spiro atoms. The molecule has 0 saturated heterocycles. The quantitative estimate of drug-likeness (QED) is 0.572. The van der Waals surface area contributed by atoms with E-state index in [9.17, 15) is 4.79 Å². The van der Waals surface area contributed by atoms with E-state index in [1.54, 1.807) is 0 Å². The second kappa shape index (κ2) is 4.53. The molecule has 0 aromatic rings. The largest absolute Gasteiger partial charge is 0.303 e. The van der Waals surface area contributed by atoms with E-state index in [0.717, 1.165) is 19.1 Å². The molecular formula is C10H20O. The average Bonchev–Trinajstić information content (AvgIpc) is 1.87. The van der Waals surface area contributed by atoms with Gasteiger partial charge in [0, 0.05) is 6.42 Å². The summed E-state index contributed by atoms with van der Waals surface area (Å²) in [4.78, 5) is 10.2. The summed E-state index contributed by atoms with van der Waals surface area (Å²) in [5, 5.41) is 0. The van der Waals surface area contributed by atoms with Crippen molar-refractivity contribution in [2.24, 2.45) is 11.3 Å². The lowest BCUT2D eigenvalue weighted by molar-refractivity contribution is -0.108. The Morgan fingerprint density at radius 1 is 1.36 bits per heavy atom. The van der Waals surface area contributed by atoms with Gasteiger partial charge in [-0.3, -0.25) is 0 Å². The summed E-state index contributed by atoms with van der Waals surface area (Å²) in [5.74, 6) is 0.688. The minimum absolute atomic E-state index is 0.359. The van der Waals surface area contributed by atoms with Gasteiger partial charge < -0.3 is 4.79 Å². The number of rotatable bonds is 4. The molecular weight excluding hydrogens is 136 g/mol. The number of hydrogen-bond donors (Lipinski definition) is 0. The van der Waals surface area contributed by atoms with Crippen molar-refractivity contribution >= 4 is 6.29 Å². The van der Waals surface area contributed by atoms with Crippen molar-refractivity contribution in [3.63, 3.8) is 0 Å². The first kappa shape index (κ1) is 10.7. The molecule has 1 unspecified atom stereocenters. The SMILES string of the molecule is CCC(CCC=O)C(C)(C)C. The van der Waals surface area contributed by atoms with Crippen molar-refractivity contribution in [2.75, 3.05) is 0 Å². The highest BCUT2D eigenvalue weighted by molar-refractivity contribution is 5.49. The van der Waals surface area contributed by atoms with E-state index in [2.05, 4.69) is 27.7 Å². The van der Waals surface area contributed by atoms with E-state index >= 15 is 0 Å². The number of aldehydes is 1. The van der Waals surface area contributed by atoms with Gasteiger partial charge in [-0.05, 0) is 17.8 Å². The Morgan fingerprint density at radius 3 is 2.18 bits per heavy atom. The Morgan fingerprint density at radius 2 is 1.91 bits per heavy atom. The molecule has 0 amide bonds. The molecule has 0 saturated carbocycles. The number of carbonyl (C=O) groups excluding carboxylic acids is 1. The second-order valence-corrected chi connectivity index (χ2v) is 4.22. The number of hydrogen-bond acceptors (Lipinski definition) is 1. The molecule has 0 aromatic heterocycles. The molecule has 1 nitrogen and oxygen atoms in total. The van der Waals surface area contributed by atoms with Crippen LogP contribution in [0, 0.1) is 11.3 Å². The van der Waals surface area contributed by atoms with Crippen LogP contribution in [0.25, 0.3) is 0 Å². The smallest absolute Gasteiger partial charge is 0.120 e. The summed E-state index contributed by atoms with van der Waals surface area (Å²) in [5.41, 5.74) is 0.359. The topological polar surface area (TPSA) is 17.1 Å². The predicted molar refractivity (Wildman–Crippen MR) is 48.5 cm³/mol. The summed E-state index contributed by atoms with van der Waals surface area (Å²) in [6.45, 7) is 8.92. The van der Waals surface area contributed by atoms with Crippen LogP contribution in [-0.4, -0.2) is 6.29 Å². The predicted octanol–water partition coefficient (Wildman–Crippen LogP) is 3.04. The van der Waals surface area contributed by atoms with Gasteiger partial charge in [0.1, 0.15) is 6.29 Å². The Hall–Kier alpha value is -0.330. The fourth-order valence-corrected chi connectivity index (χ4v) is 1.52. The van der Waals surface area contributed by atoms with Crippen LogP contribution >= 0.6 is 0 Å². The lowest BCUT2D eigenvalue weighted by atomic mass is 9.77. The molecule has 1 atom stereocenters. The van der Waals surface area contributed by atoms with Crippen molar-refractivity contribution < 1.29 is 4.79 Å². The summed E-state index contributed by atoms with van der Waals surface area (Å²) < 4.78 is 0. The highest BCUT2D eigenvalue weighted by Gasteiger charge is 2.21. The molecule has 0 bridgehead atoms. The third-order valence-corrected chi connectivity index (χ3v) is 2.35. The summed E-state index contributed by atoms with van der Waals surface area (Å²) in [7, 11) is 0. The highest BCUT2D eigenvalue weighted by Crippen LogP contribution is 2.31. The zero-order valence-electron chi connectivity index (χ0n) is 8.18. The van der Waals surface area contributed by atoms with Crippen LogP contribution in [0.15, 0.2) is 0 Å². The molecule has 0 fully saturated rings. The third-order valence-electron chi connectivity index (χ3n) is 2.35. The highest BCUT2D eigenvalue weighted by atomic mass is 16.1. The summed E-state index contributed by atoms with van der Waals surface area (Å²) in [6, 6.07) is 0. The Kier molecular flexibility index (Phi) is 4.39. The molecule has 0 heterocycles. The first-order valence-corrected chi connectivity index (χ1v) is 4.46. The maximum Gasteiger partial charge on any atom is 0.120 e. The molecule has 11 heavy (non-hydrogen) atoms. The zero-order chi connectivity index (χ0) is 8.91. The minimum atomic E-state index is 0.359. The lowest BCUT2D eigenvalue weighted by Gasteiger charge is -2.29. The molecule has 0 aliphatic heterocycles. The van der Waals surface area contributed by atoms with E-state index in [1.165, 1.54) is 6.42 Å². The van der Waals surface area contributed by atoms with Crippen molar-refractivity contribution in [2.45, 2.75) is 47.0 Å². The lowest BCUT2D eigenvalue weighted by Crippen LogP contribution is -2.19. The van der Waals surface area contributed by atoms with Gasteiger partial charge in [0.25, 0.3) is 0 Å². The molecule has 0 N–H and O–H groups in total. The summed E-state index contributed by atoms with van der Waals surface area (Å²) >= 11 is 0. The van der Waals surface area contributed by atoms with Gasteiger partial charge in [0.05, 0.1) is 0 Å². The van der Waals surface area contributed by atoms with Gasteiger partial charge in [0.2, 0.25) is 0 Å². The van der Waals surface area contributed by atoms with E-state index in [0.29, 0.717) is 11.3 Å². The van der Waals surface area contributed by atoms with E-state index in [1.807, 2.05) is 0 Å². The van der Waals surface area contributed by atoms with Crippen LogP contribution in [0.4, 0.5) is 0 Å².